The Bertz CT molecular complexity index is 587. The molecule has 2 aromatic rings. The van der Waals surface area contributed by atoms with Crippen molar-refractivity contribution in [3.05, 3.63) is 39.9 Å². The minimum Gasteiger partial charge on any atom is -0.380 e. The molecule has 4 heteroatoms. The van der Waals surface area contributed by atoms with Crippen molar-refractivity contribution in [2.75, 3.05) is 7.11 Å². The molecule has 4 nitrogen and oxygen atoms in total. The van der Waals surface area contributed by atoms with Crippen LogP contribution in [0.4, 0.5) is 0 Å². The summed E-state index contributed by atoms with van der Waals surface area (Å²) in [5, 5.41) is 0.641. The highest BCUT2D eigenvalue weighted by atomic mass is 16.5. The van der Waals surface area contributed by atoms with Crippen LogP contribution in [0, 0.1) is 6.92 Å². The minimum absolute atomic E-state index is 0.0135. The largest absolute Gasteiger partial charge is 0.380 e. The van der Waals surface area contributed by atoms with Crippen molar-refractivity contribution in [1.82, 2.24) is 9.55 Å². The number of hydrogen-bond donors (Lipinski definition) is 0. The van der Waals surface area contributed by atoms with Crippen molar-refractivity contribution in [3.8, 4) is 0 Å². The molecular weight excluding hydrogens is 204 g/mol. The van der Waals surface area contributed by atoms with Crippen LogP contribution in [0.1, 0.15) is 11.4 Å². The number of rotatable bonds is 2. The van der Waals surface area contributed by atoms with E-state index in [9.17, 15) is 4.79 Å². The van der Waals surface area contributed by atoms with Crippen LogP contribution in [0.3, 0.4) is 0 Å². The third-order valence-corrected chi connectivity index (χ3v) is 2.67. The van der Waals surface area contributed by atoms with E-state index in [1.165, 1.54) is 0 Å². The molecule has 1 heterocycles. The molecule has 16 heavy (non-hydrogen) atoms. The van der Waals surface area contributed by atoms with E-state index in [2.05, 4.69) is 4.98 Å². The van der Waals surface area contributed by atoms with Crippen LogP contribution >= 0.6 is 0 Å². The zero-order valence-corrected chi connectivity index (χ0v) is 9.65. The predicted molar refractivity (Wildman–Crippen MR) is 62.4 cm³/mol. The molecule has 0 amide bonds. The van der Waals surface area contributed by atoms with E-state index >= 15 is 0 Å². The van der Waals surface area contributed by atoms with E-state index in [4.69, 9.17) is 4.74 Å². The van der Waals surface area contributed by atoms with Crippen molar-refractivity contribution >= 4 is 10.9 Å². The van der Waals surface area contributed by atoms with Crippen molar-refractivity contribution < 1.29 is 4.74 Å². The Kier molecular flexibility index (Phi) is 2.75. The molecule has 1 aromatic carbocycles. The molecule has 0 aliphatic heterocycles. The lowest BCUT2D eigenvalue weighted by Crippen LogP contribution is -2.20. The first-order chi connectivity index (χ1) is 7.63. The van der Waals surface area contributed by atoms with Gasteiger partial charge in [-0.05, 0) is 24.6 Å². The Morgan fingerprint density at radius 1 is 1.44 bits per heavy atom. The first-order valence-electron chi connectivity index (χ1n) is 5.08. The Balaban J connectivity index is 2.73. The Morgan fingerprint density at radius 2 is 2.19 bits per heavy atom. The summed E-state index contributed by atoms with van der Waals surface area (Å²) < 4.78 is 6.60. The summed E-state index contributed by atoms with van der Waals surface area (Å²) in [6.07, 6.45) is 0. The van der Waals surface area contributed by atoms with Gasteiger partial charge in [0.05, 0.1) is 17.5 Å². The summed E-state index contributed by atoms with van der Waals surface area (Å²) in [5.41, 5.74) is 1.71. The molecule has 0 aliphatic carbocycles. The zero-order valence-electron chi connectivity index (χ0n) is 9.65. The number of aryl methyl sites for hydroxylation is 1. The van der Waals surface area contributed by atoms with Crippen LogP contribution in [0.15, 0.2) is 23.0 Å². The fourth-order valence-corrected chi connectivity index (χ4v) is 1.69. The number of fused-ring (bicyclic) bond motifs is 1. The molecule has 2 rings (SSSR count). The molecule has 0 saturated heterocycles. The first kappa shape index (κ1) is 10.8. The van der Waals surface area contributed by atoms with Crippen LogP contribution in [0.2, 0.25) is 0 Å². The Hall–Kier alpha value is -1.68. The van der Waals surface area contributed by atoms with Gasteiger partial charge >= 0.3 is 0 Å². The maximum absolute atomic E-state index is 12.0. The van der Waals surface area contributed by atoms with Gasteiger partial charge in [-0.1, -0.05) is 6.07 Å². The van der Waals surface area contributed by atoms with Gasteiger partial charge in [0.15, 0.2) is 0 Å². The van der Waals surface area contributed by atoms with Gasteiger partial charge in [0.1, 0.15) is 5.82 Å². The summed E-state index contributed by atoms with van der Waals surface area (Å²) >= 11 is 0. The van der Waals surface area contributed by atoms with E-state index < -0.39 is 0 Å². The number of hydrogen-bond acceptors (Lipinski definition) is 3. The van der Waals surface area contributed by atoms with Gasteiger partial charge in [0.2, 0.25) is 0 Å². The van der Waals surface area contributed by atoms with Gasteiger partial charge in [-0.15, -0.1) is 0 Å². The normalized spacial score (nSPS) is 10.9. The zero-order chi connectivity index (χ0) is 11.7. The van der Waals surface area contributed by atoms with E-state index in [1.807, 2.05) is 25.1 Å². The topological polar surface area (TPSA) is 44.1 Å². The number of nitrogens with zero attached hydrogens (tertiary/aromatic N) is 2. The second kappa shape index (κ2) is 4.06. The number of aromatic nitrogens is 2. The highest BCUT2D eigenvalue weighted by Gasteiger charge is 2.05. The smallest absolute Gasteiger partial charge is 0.261 e. The molecule has 84 valence electrons. The minimum atomic E-state index is -0.0135. The van der Waals surface area contributed by atoms with Crippen molar-refractivity contribution in [1.29, 1.82) is 0 Å². The average molecular weight is 218 g/mol. The van der Waals surface area contributed by atoms with Crippen LogP contribution in [0.25, 0.3) is 10.9 Å². The van der Waals surface area contributed by atoms with E-state index in [-0.39, 0.29) is 5.56 Å². The molecule has 0 radical (unpaired) electrons. The third kappa shape index (κ3) is 1.72. The van der Waals surface area contributed by atoms with Crippen LogP contribution in [-0.2, 0) is 18.4 Å². The van der Waals surface area contributed by atoms with Gasteiger partial charge in [-0.3, -0.25) is 9.36 Å². The van der Waals surface area contributed by atoms with E-state index in [0.717, 1.165) is 16.9 Å². The maximum atomic E-state index is 12.0. The lowest BCUT2D eigenvalue weighted by Gasteiger charge is -2.06. The van der Waals surface area contributed by atoms with Gasteiger partial charge in [0.25, 0.3) is 5.56 Å². The first-order valence-corrected chi connectivity index (χ1v) is 5.08. The molecule has 0 N–H and O–H groups in total. The third-order valence-electron chi connectivity index (χ3n) is 2.67. The monoisotopic (exact) mass is 218 g/mol. The number of ether oxygens (including phenoxy) is 1. The van der Waals surface area contributed by atoms with E-state index in [1.54, 1.807) is 18.7 Å². The highest BCUT2D eigenvalue weighted by Crippen LogP contribution is 2.11. The fraction of sp³-hybridized carbons (Fsp3) is 0.333. The Morgan fingerprint density at radius 3 is 2.88 bits per heavy atom. The van der Waals surface area contributed by atoms with Crippen LogP contribution in [0.5, 0.6) is 0 Å². The molecule has 0 unspecified atom stereocenters. The van der Waals surface area contributed by atoms with Gasteiger partial charge in [0, 0.05) is 14.2 Å². The molecular formula is C12H14N2O2. The Labute approximate surface area is 93.5 Å². The SMILES string of the molecule is COCc1ccc2nc(C)n(C)c(=O)c2c1. The second-order valence-electron chi connectivity index (χ2n) is 3.81. The van der Waals surface area contributed by atoms with Gasteiger partial charge in [-0.25, -0.2) is 4.98 Å². The molecule has 0 spiro atoms. The van der Waals surface area contributed by atoms with Crippen LogP contribution < -0.4 is 5.56 Å². The summed E-state index contributed by atoms with van der Waals surface area (Å²) in [7, 11) is 3.36. The van der Waals surface area contributed by atoms with Crippen molar-refractivity contribution in [2.45, 2.75) is 13.5 Å². The lowest BCUT2D eigenvalue weighted by atomic mass is 10.1. The van der Waals surface area contributed by atoms with Crippen molar-refractivity contribution in [3.63, 3.8) is 0 Å². The van der Waals surface area contributed by atoms with Crippen molar-refractivity contribution in [2.24, 2.45) is 7.05 Å². The summed E-state index contributed by atoms with van der Waals surface area (Å²) in [6, 6.07) is 5.63. The predicted octanol–water partition coefficient (Wildman–Crippen LogP) is 1.39. The standard InChI is InChI=1S/C12H14N2O2/c1-8-13-11-5-4-9(7-16-3)6-10(11)12(15)14(8)2/h4-6H,7H2,1-3H3. The number of methoxy groups -OCH3 is 1. The quantitative estimate of drug-likeness (QED) is 0.765. The van der Waals surface area contributed by atoms with E-state index in [0.29, 0.717) is 12.0 Å². The molecule has 0 fully saturated rings. The molecule has 0 aliphatic rings. The lowest BCUT2D eigenvalue weighted by molar-refractivity contribution is 0.185. The highest BCUT2D eigenvalue weighted by molar-refractivity contribution is 5.78. The van der Waals surface area contributed by atoms with Gasteiger partial charge < -0.3 is 4.74 Å². The van der Waals surface area contributed by atoms with Crippen LogP contribution in [-0.4, -0.2) is 16.7 Å². The fourth-order valence-electron chi connectivity index (χ4n) is 1.69. The molecule has 1 aromatic heterocycles. The summed E-state index contributed by atoms with van der Waals surface area (Å²) in [6.45, 7) is 2.33. The second-order valence-corrected chi connectivity index (χ2v) is 3.81. The maximum Gasteiger partial charge on any atom is 0.261 e. The summed E-state index contributed by atoms with van der Waals surface area (Å²) in [5.74, 6) is 0.719. The number of benzene rings is 1. The molecule has 0 atom stereocenters. The average Bonchev–Trinajstić information content (AvgIpc) is 2.28. The summed E-state index contributed by atoms with van der Waals surface area (Å²) in [4.78, 5) is 16.3. The van der Waals surface area contributed by atoms with Gasteiger partial charge in [-0.2, -0.15) is 0 Å². The molecule has 0 saturated carbocycles. The molecule has 0 bridgehead atoms.